The monoisotopic (exact) mass is 287 g/mol. The highest BCUT2D eigenvalue weighted by Gasteiger charge is 2.13. The van der Waals surface area contributed by atoms with Crippen LogP contribution in [-0.2, 0) is 6.61 Å². The highest BCUT2D eigenvalue weighted by atomic mass is 35.5. The lowest BCUT2D eigenvalue weighted by atomic mass is 10.1. The third kappa shape index (κ3) is 2.09. The van der Waals surface area contributed by atoms with E-state index in [-0.39, 0.29) is 17.9 Å². The van der Waals surface area contributed by atoms with Crippen molar-refractivity contribution in [3.63, 3.8) is 0 Å². The summed E-state index contributed by atoms with van der Waals surface area (Å²) in [6, 6.07) is 12.1. The summed E-state index contributed by atoms with van der Waals surface area (Å²) >= 11 is 5.98. The number of hydrogen-bond donors (Lipinski definition) is 1. The normalized spacial score (nSPS) is 10.9. The standard InChI is InChI=1S/C15H10ClNO3/c16-11-6-3-7-12-13(11)15(19)20-14(17-12)10-5-2-1-4-9(10)8-18/h1-7,18H,8H2. The van der Waals surface area contributed by atoms with Gasteiger partial charge in [0.15, 0.2) is 0 Å². The van der Waals surface area contributed by atoms with Crippen LogP contribution in [0.2, 0.25) is 5.02 Å². The van der Waals surface area contributed by atoms with Crippen LogP contribution in [0, 0.1) is 0 Å². The Labute approximate surface area is 119 Å². The summed E-state index contributed by atoms with van der Waals surface area (Å²) in [7, 11) is 0. The molecule has 0 saturated carbocycles. The fourth-order valence-corrected chi connectivity index (χ4v) is 2.31. The molecular formula is C15H10ClNO3. The first-order valence-corrected chi connectivity index (χ1v) is 6.37. The number of aliphatic hydroxyl groups is 1. The second kappa shape index (κ2) is 5.07. The lowest BCUT2D eigenvalue weighted by Crippen LogP contribution is -2.04. The van der Waals surface area contributed by atoms with E-state index in [1.165, 1.54) is 0 Å². The molecule has 0 unspecified atom stereocenters. The quantitative estimate of drug-likeness (QED) is 0.787. The minimum atomic E-state index is -0.539. The predicted molar refractivity (Wildman–Crippen MR) is 76.6 cm³/mol. The maximum atomic E-state index is 12.0. The summed E-state index contributed by atoms with van der Waals surface area (Å²) in [5.74, 6) is 0.175. The van der Waals surface area contributed by atoms with Gasteiger partial charge in [-0.3, -0.25) is 0 Å². The number of rotatable bonds is 2. The minimum absolute atomic E-state index is 0.158. The zero-order valence-corrected chi connectivity index (χ0v) is 11.1. The van der Waals surface area contributed by atoms with Crippen LogP contribution in [0.5, 0.6) is 0 Å². The number of fused-ring (bicyclic) bond motifs is 1. The van der Waals surface area contributed by atoms with Gasteiger partial charge in [0.05, 0.1) is 17.1 Å². The van der Waals surface area contributed by atoms with Crippen LogP contribution >= 0.6 is 11.6 Å². The molecule has 20 heavy (non-hydrogen) atoms. The summed E-state index contributed by atoms with van der Waals surface area (Å²) in [6.07, 6.45) is 0. The molecule has 1 N–H and O–H groups in total. The molecule has 0 aliphatic carbocycles. The Morgan fingerprint density at radius 2 is 1.95 bits per heavy atom. The maximum Gasteiger partial charge on any atom is 0.348 e. The molecule has 3 rings (SSSR count). The summed E-state index contributed by atoms with van der Waals surface area (Å²) < 4.78 is 5.24. The fourth-order valence-electron chi connectivity index (χ4n) is 2.06. The highest BCUT2D eigenvalue weighted by Crippen LogP contribution is 2.25. The summed E-state index contributed by atoms with van der Waals surface area (Å²) in [4.78, 5) is 16.4. The Morgan fingerprint density at radius 1 is 1.15 bits per heavy atom. The van der Waals surface area contributed by atoms with E-state index in [1.807, 2.05) is 0 Å². The van der Waals surface area contributed by atoms with E-state index in [0.29, 0.717) is 21.7 Å². The zero-order valence-electron chi connectivity index (χ0n) is 10.3. The topological polar surface area (TPSA) is 63.3 Å². The van der Waals surface area contributed by atoms with Crippen LogP contribution in [0.1, 0.15) is 5.56 Å². The van der Waals surface area contributed by atoms with Gasteiger partial charge in [0.2, 0.25) is 5.89 Å². The number of benzene rings is 2. The van der Waals surface area contributed by atoms with Gasteiger partial charge >= 0.3 is 5.63 Å². The van der Waals surface area contributed by atoms with Crippen LogP contribution in [-0.4, -0.2) is 10.1 Å². The van der Waals surface area contributed by atoms with E-state index in [1.54, 1.807) is 42.5 Å². The first-order valence-electron chi connectivity index (χ1n) is 5.99. The van der Waals surface area contributed by atoms with Crippen LogP contribution in [0.15, 0.2) is 51.7 Å². The Morgan fingerprint density at radius 3 is 2.75 bits per heavy atom. The van der Waals surface area contributed by atoms with Gasteiger partial charge in [-0.15, -0.1) is 0 Å². The molecule has 100 valence electrons. The third-order valence-electron chi connectivity index (χ3n) is 3.03. The second-order valence-electron chi connectivity index (χ2n) is 4.26. The van der Waals surface area contributed by atoms with Crippen LogP contribution in [0.25, 0.3) is 22.4 Å². The van der Waals surface area contributed by atoms with E-state index < -0.39 is 5.63 Å². The molecule has 3 aromatic rings. The molecule has 0 radical (unpaired) electrons. The van der Waals surface area contributed by atoms with Crippen molar-refractivity contribution in [2.75, 3.05) is 0 Å². The number of hydrogen-bond acceptors (Lipinski definition) is 4. The first-order chi connectivity index (χ1) is 9.70. The van der Waals surface area contributed by atoms with Gasteiger partial charge < -0.3 is 9.52 Å². The van der Waals surface area contributed by atoms with Crippen LogP contribution in [0.4, 0.5) is 0 Å². The Hall–Kier alpha value is -2.17. The summed E-state index contributed by atoms with van der Waals surface area (Å²) in [5.41, 5.74) is 1.17. The molecule has 1 aromatic heterocycles. The van der Waals surface area contributed by atoms with Crippen molar-refractivity contribution in [1.82, 2.24) is 4.98 Å². The highest BCUT2D eigenvalue weighted by molar-refractivity contribution is 6.35. The van der Waals surface area contributed by atoms with Gasteiger partial charge in [-0.05, 0) is 23.8 Å². The van der Waals surface area contributed by atoms with Gasteiger partial charge in [-0.1, -0.05) is 35.9 Å². The van der Waals surface area contributed by atoms with Crippen LogP contribution < -0.4 is 5.63 Å². The second-order valence-corrected chi connectivity index (χ2v) is 4.66. The van der Waals surface area contributed by atoms with E-state index in [0.717, 1.165) is 0 Å². The molecule has 0 aliphatic heterocycles. The van der Waals surface area contributed by atoms with Gasteiger partial charge in [0.1, 0.15) is 5.39 Å². The zero-order chi connectivity index (χ0) is 14.1. The van der Waals surface area contributed by atoms with Gasteiger partial charge in [0.25, 0.3) is 0 Å². The van der Waals surface area contributed by atoms with E-state index in [4.69, 9.17) is 16.0 Å². The number of aromatic nitrogens is 1. The lowest BCUT2D eigenvalue weighted by Gasteiger charge is -2.06. The molecule has 4 nitrogen and oxygen atoms in total. The molecule has 5 heteroatoms. The molecular weight excluding hydrogens is 278 g/mol. The SMILES string of the molecule is O=c1oc(-c2ccccc2CO)nc2cccc(Cl)c12. The van der Waals surface area contributed by atoms with Crippen molar-refractivity contribution >= 4 is 22.5 Å². The molecule has 1 heterocycles. The van der Waals surface area contributed by atoms with Crippen LogP contribution in [0.3, 0.4) is 0 Å². The largest absolute Gasteiger partial charge is 0.403 e. The van der Waals surface area contributed by atoms with Crippen molar-refractivity contribution in [2.24, 2.45) is 0 Å². The summed E-state index contributed by atoms with van der Waals surface area (Å²) in [5, 5.41) is 9.91. The lowest BCUT2D eigenvalue weighted by molar-refractivity contribution is 0.282. The molecule has 0 spiro atoms. The predicted octanol–water partition coefficient (Wildman–Crippen LogP) is 3.00. The minimum Gasteiger partial charge on any atom is -0.403 e. The van der Waals surface area contributed by atoms with Crippen molar-refractivity contribution in [1.29, 1.82) is 0 Å². The summed E-state index contributed by atoms with van der Waals surface area (Å²) in [6.45, 7) is -0.158. The number of aliphatic hydroxyl groups excluding tert-OH is 1. The average Bonchev–Trinajstić information content (AvgIpc) is 2.47. The van der Waals surface area contributed by atoms with Crippen molar-refractivity contribution in [3.8, 4) is 11.5 Å². The maximum absolute atomic E-state index is 12.0. The Bertz CT molecular complexity index is 842. The van der Waals surface area contributed by atoms with E-state index in [9.17, 15) is 9.90 Å². The molecule has 0 aliphatic rings. The molecule has 0 atom stereocenters. The van der Waals surface area contributed by atoms with Crippen molar-refractivity contribution in [2.45, 2.75) is 6.61 Å². The molecule has 0 saturated heterocycles. The van der Waals surface area contributed by atoms with Gasteiger partial charge in [0, 0.05) is 5.56 Å². The average molecular weight is 288 g/mol. The first kappa shape index (κ1) is 12.8. The Balaban J connectivity index is 2.31. The molecule has 0 fully saturated rings. The Kier molecular flexibility index (Phi) is 3.26. The van der Waals surface area contributed by atoms with E-state index in [2.05, 4.69) is 4.98 Å². The van der Waals surface area contributed by atoms with Crippen molar-refractivity contribution < 1.29 is 9.52 Å². The molecule has 0 bridgehead atoms. The van der Waals surface area contributed by atoms with Gasteiger partial charge in [-0.2, -0.15) is 0 Å². The smallest absolute Gasteiger partial charge is 0.348 e. The van der Waals surface area contributed by atoms with Crippen molar-refractivity contribution in [3.05, 3.63) is 63.5 Å². The number of nitrogens with zero attached hydrogens (tertiary/aromatic N) is 1. The van der Waals surface area contributed by atoms with E-state index >= 15 is 0 Å². The fraction of sp³-hybridized carbons (Fsp3) is 0.0667. The molecule has 2 aromatic carbocycles. The third-order valence-corrected chi connectivity index (χ3v) is 3.34. The number of halogens is 1. The molecule has 0 amide bonds. The van der Waals surface area contributed by atoms with Gasteiger partial charge in [-0.25, -0.2) is 9.78 Å².